The summed E-state index contributed by atoms with van der Waals surface area (Å²) in [6, 6.07) is 8.02. The number of amides is 1. The fourth-order valence-corrected chi connectivity index (χ4v) is 5.01. The number of benzene rings is 1. The van der Waals surface area contributed by atoms with E-state index in [1.54, 1.807) is 17.4 Å². The number of thiazole rings is 1. The molecule has 2 aliphatic rings. The number of hydrogen-bond donors (Lipinski definition) is 2. The maximum atomic E-state index is 12.6. The molecule has 0 saturated carbocycles. The summed E-state index contributed by atoms with van der Waals surface area (Å²) in [7, 11) is 0. The van der Waals surface area contributed by atoms with Crippen LogP contribution in [0, 0.1) is 0 Å². The fourth-order valence-electron chi connectivity index (χ4n) is 3.95. The number of carbonyl (C=O) groups excluding carboxylic acids is 1. The molecule has 1 atom stereocenters. The Morgan fingerprint density at radius 2 is 2.11 bits per heavy atom. The van der Waals surface area contributed by atoms with Crippen LogP contribution in [-0.4, -0.2) is 46.9 Å². The van der Waals surface area contributed by atoms with Crippen molar-refractivity contribution in [1.29, 1.82) is 0 Å². The Balaban J connectivity index is 1.30. The van der Waals surface area contributed by atoms with Gasteiger partial charge in [0.1, 0.15) is 0 Å². The van der Waals surface area contributed by atoms with Gasteiger partial charge in [-0.25, -0.2) is 4.98 Å². The lowest BCUT2D eigenvalue weighted by atomic mass is 10.1. The van der Waals surface area contributed by atoms with Crippen LogP contribution in [0.3, 0.4) is 0 Å². The Morgan fingerprint density at radius 1 is 1.21 bits per heavy atom. The van der Waals surface area contributed by atoms with Gasteiger partial charge in [0.15, 0.2) is 10.8 Å². The smallest absolute Gasteiger partial charge is 0.276 e. The summed E-state index contributed by atoms with van der Waals surface area (Å²) in [5, 5.41) is 11.9. The predicted octanol–water partition coefficient (Wildman–Crippen LogP) is 3.27. The monoisotopic (exact) mass is 396 g/mol. The highest BCUT2D eigenvalue weighted by Gasteiger charge is 2.19. The van der Waals surface area contributed by atoms with E-state index in [2.05, 4.69) is 20.6 Å². The van der Waals surface area contributed by atoms with Crippen molar-refractivity contribution in [3.63, 3.8) is 0 Å². The van der Waals surface area contributed by atoms with E-state index in [0.717, 1.165) is 60.1 Å². The lowest BCUT2D eigenvalue weighted by Gasteiger charge is -2.22. The highest BCUT2D eigenvalue weighted by Crippen LogP contribution is 2.32. The first-order valence-corrected chi connectivity index (χ1v) is 10.8. The van der Waals surface area contributed by atoms with Crippen molar-refractivity contribution in [2.24, 2.45) is 0 Å². The number of piperidine rings is 1. The summed E-state index contributed by atoms with van der Waals surface area (Å²) in [6.45, 7) is 4.14. The van der Waals surface area contributed by atoms with Gasteiger partial charge in [-0.05, 0) is 56.5 Å². The van der Waals surface area contributed by atoms with Gasteiger partial charge in [0.05, 0.1) is 16.3 Å². The Morgan fingerprint density at radius 3 is 2.93 bits per heavy atom. The zero-order valence-electron chi connectivity index (χ0n) is 15.7. The number of anilines is 2. The molecule has 2 aromatic heterocycles. The summed E-state index contributed by atoms with van der Waals surface area (Å²) < 4.78 is 3.01. The topological polar surface area (TPSA) is 75.1 Å². The average Bonchev–Trinajstić information content (AvgIpc) is 3.47. The fraction of sp³-hybridized carbons (Fsp3) is 0.450. The molecule has 28 heavy (non-hydrogen) atoms. The number of fused-ring (bicyclic) bond motifs is 1. The quantitative estimate of drug-likeness (QED) is 0.708. The molecule has 0 spiro atoms. The van der Waals surface area contributed by atoms with Gasteiger partial charge in [-0.15, -0.1) is 0 Å². The minimum atomic E-state index is -0.175. The lowest BCUT2D eigenvalue weighted by molar-refractivity contribution is 0.102. The van der Waals surface area contributed by atoms with Crippen LogP contribution in [0.5, 0.6) is 0 Å². The zero-order valence-corrected chi connectivity index (χ0v) is 16.5. The lowest BCUT2D eigenvalue weighted by Crippen LogP contribution is -2.32. The molecule has 4 heterocycles. The van der Waals surface area contributed by atoms with Gasteiger partial charge >= 0.3 is 0 Å². The van der Waals surface area contributed by atoms with Crippen LogP contribution in [0.4, 0.5) is 10.8 Å². The summed E-state index contributed by atoms with van der Waals surface area (Å²) in [4.78, 5) is 19.7. The van der Waals surface area contributed by atoms with Crippen LogP contribution in [0.15, 0.2) is 30.5 Å². The van der Waals surface area contributed by atoms with E-state index in [-0.39, 0.29) is 5.91 Å². The van der Waals surface area contributed by atoms with Crippen molar-refractivity contribution in [2.75, 3.05) is 36.4 Å². The van der Waals surface area contributed by atoms with Gasteiger partial charge in [-0.3, -0.25) is 9.48 Å². The van der Waals surface area contributed by atoms with Crippen LogP contribution in [0.25, 0.3) is 10.2 Å². The van der Waals surface area contributed by atoms with Crippen molar-refractivity contribution < 1.29 is 4.79 Å². The maximum Gasteiger partial charge on any atom is 0.276 e. The number of nitrogens with zero attached hydrogens (tertiary/aromatic N) is 4. The van der Waals surface area contributed by atoms with E-state index < -0.39 is 0 Å². The molecular weight excluding hydrogens is 372 g/mol. The third-order valence-corrected chi connectivity index (χ3v) is 6.58. The molecule has 7 nitrogen and oxygen atoms in total. The maximum absolute atomic E-state index is 12.6. The second-order valence-electron chi connectivity index (χ2n) is 7.51. The molecule has 146 valence electrons. The number of carbonyl (C=O) groups is 1. The highest BCUT2D eigenvalue weighted by atomic mass is 32.1. The zero-order chi connectivity index (χ0) is 18.9. The second kappa shape index (κ2) is 7.52. The minimum absolute atomic E-state index is 0.175. The van der Waals surface area contributed by atoms with Gasteiger partial charge in [0.25, 0.3) is 5.91 Å². The molecule has 5 rings (SSSR count). The summed E-state index contributed by atoms with van der Waals surface area (Å²) in [6.07, 6.45) is 6.61. The van der Waals surface area contributed by atoms with Gasteiger partial charge < -0.3 is 15.5 Å². The van der Waals surface area contributed by atoms with E-state index in [9.17, 15) is 4.79 Å². The Hall–Kier alpha value is -2.45. The van der Waals surface area contributed by atoms with E-state index in [1.807, 2.05) is 29.1 Å². The molecule has 2 aliphatic heterocycles. The van der Waals surface area contributed by atoms with E-state index in [1.165, 1.54) is 12.8 Å². The summed E-state index contributed by atoms with van der Waals surface area (Å²) in [5.41, 5.74) is 2.22. The first-order chi connectivity index (χ1) is 13.8. The Bertz CT molecular complexity index is 984. The van der Waals surface area contributed by atoms with Crippen LogP contribution in [-0.2, 0) is 0 Å². The largest absolute Gasteiger partial charge is 0.348 e. The molecule has 1 amide bonds. The highest BCUT2D eigenvalue weighted by molar-refractivity contribution is 7.22. The third-order valence-electron chi connectivity index (χ3n) is 5.50. The summed E-state index contributed by atoms with van der Waals surface area (Å²) in [5.74, 6) is -0.175. The molecule has 1 aromatic carbocycles. The molecule has 1 unspecified atom stereocenters. The number of nitrogens with one attached hydrogen (secondary N) is 2. The Labute approximate surface area is 167 Å². The SMILES string of the molecule is O=C(Nc1ccc2nc(N3CCCC3)sc2c1)c1ccn(C2CCCNC2)n1. The molecule has 0 bridgehead atoms. The van der Waals surface area contributed by atoms with Gasteiger partial charge in [0.2, 0.25) is 0 Å². The van der Waals surface area contributed by atoms with Crippen LogP contribution < -0.4 is 15.5 Å². The normalized spacial score (nSPS) is 20.0. The van der Waals surface area contributed by atoms with Crippen LogP contribution in [0.1, 0.15) is 42.2 Å². The molecule has 2 N–H and O–H groups in total. The molecule has 2 fully saturated rings. The van der Waals surface area contributed by atoms with Crippen molar-refractivity contribution in [2.45, 2.75) is 31.7 Å². The average molecular weight is 397 g/mol. The van der Waals surface area contributed by atoms with E-state index >= 15 is 0 Å². The molecule has 0 aliphatic carbocycles. The van der Waals surface area contributed by atoms with Crippen molar-refractivity contribution in [3.05, 3.63) is 36.2 Å². The summed E-state index contributed by atoms with van der Waals surface area (Å²) >= 11 is 1.69. The first kappa shape index (κ1) is 17.6. The first-order valence-electron chi connectivity index (χ1n) is 9.99. The Kier molecular flexibility index (Phi) is 4.74. The van der Waals surface area contributed by atoms with Crippen molar-refractivity contribution in [1.82, 2.24) is 20.1 Å². The van der Waals surface area contributed by atoms with Crippen LogP contribution >= 0.6 is 11.3 Å². The van der Waals surface area contributed by atoms with Gasteiger partial charge in [0, 0.05) is 31.5 Å². The van der Waals surface area contributed by atoms with Gasteiger partial charge in [-0.2, -0.15) is 5.10 Å². The van der Waals surface area contributed by atoms with Crippen LogP contribution in [0.2, 0.25) is 0 Å². The van der Waals surface area contributed by atoms with E-state index in [4.69, 9.17) is 4.98 Å². The molecular formula is C20H24N6OS. The number of hydrogen-bond acceptors (Lipinski definition) is 6. The molecule has 2 saturated heterocycles. The van der Waals surface area contributed by atoms with E-state index in [0.29, 0.717) is 11.7 Å². The van der Waals surface area contributed by atoms with Crippen molar-refractivity contribution >= 4 is 38.3 Å². The molecule has 8 heteroatoms. The standard InChI is InChI=1S/C20H24N6OS/c27-19(17-7-11-26(24-17)15-4-3-8-21-13-15)22-14-5-6-16-18(12-14)28-20(23-16)25-9-1-2-10-25/h5-7,11-12,15,21H,1-4,8-10,13H2,(H,22,27). The minimum Gasteiger partial charge on any atom is -0.348 e. The molecule has 0 radical (unpaired) electrons. The number of rotatable bonds is 4. The second-order valence-corrected chi connectivity index (χ2v) is 8.52. The predicted molar refractivity (Wildman–Crippen MR) is 112 cm³/mol. The third kappa shape index (κ3) is 3.49. The van der Waals surface area contributed by atoms with Crippen molar-refractivity contribution in [3.8, 4) is 0 Å². The molecule has 3 aromatic rings. The number of aromatic nitrogens is 3. The van der Waals surface area contributed by atoms with Gasteiger partial charge in [-0.1, -0.05) is 11.3 Å².